The van der Waals surface area contributed by atoms with Gasteiger partial charge in [0.1, 0.15) is 11.5 Å². The smallest absolute Gasteiger partial charge is 0.291 e. The second-order valence-corrected chi connectivity index (χ2v) is 5.21. The Morgan fingerprint density at radius 1 is 1.35 bits per heavy atom. The molecule has 1 aromatic heterocycles. The van der Waals surface area contributed by atoms with Crippen molar-refractivity contribution in [2.45, 2.75) is 27.0 Å². The van der Waals surface area contributed by atoms with Crippen molar-refractivity contribution in [1.29, 1.82) is 0 Å². The number of aliphatic hydroxyl groups is 1. The summed E-state index contributed by atoms with van der Waals surface area (Å²) in [6.07, 6.45) is 0.521. The molecule has 5 N–H and O–H groups in total. The zero-order valence-corrected chi connectivity index (χ0v) is 15.3. The molecule has 1 aliphatic rings. The van der Waals surface area contributed by atoms with E-state index in [0.717, 1.165) is 0 Å². The van der Waals surface area contributed by atoms with Crippen LogP contribution in [0.25, 0.3) is 0 Å². The number of ether oxygens (including phenoxy) is 2. The van der Waals surface area contributed by atoms with Crippen LogP contribution in [-0.2, 0) is 9.47 Å². The topological polar surface area (TPSA) is 137 Å². The summed E-state index contributed by atoms with van der Waals surface area (Å²) in [5, 5.41) is 19.5. The lowest BCUT2D eigenvalue weighted by molar-refractivity contribution is 0.0761. The van der Waals surface area contributed by atoms with Gasteiger partial charge >= 0.3 is 0 Å². The average molecular weight is 367 g/mol. The van der Waals surface area contributed by atoms with Gasteiger partial charge in [0, 0.05) is 19.2 Å². The van der Waals surface area contributed by atoms with Crippen LogP contribution < -0.4 is 16.2 Å². The molecule has 11 heteroatoms. The van der Waals surface area contributed by atoms with Gasteiger partial charge < -0.3 is 24.8 Å². The molecule has 26 heavy (non-hydrogen) atoms. The Kier molecular flexibility index (Phi) is 6.67. The van der Waals surface area contributed by atoms with Crippen molar-refractivity contribution in [2.24, 2.45) is 0 Å². The Hall–Kier alpha value is -2.95. The number of anilines is 1. The maximum atomic E-state index is 12.2. The fraction of sp³-hybridized carbons (Fsp3) is 0.533. The largest absolute Gasteiger partial charge is 0.494 e. The molecule has 0 aromatic carbocycles. The SMILES string of the molecule is CCOC1=CC(OC)=C(NNc2n[nH]c(C(=O)N(CC)CC)n2)C(O)N1. The Labute approximate surface area is 151 Å². The number of aliphatic hydroxyl groups excluding tert-OH is 1. The molecule has 0 fully saturated rings. The Balaban J connectivity index is 2.07. The second-order valence-electron chi connectivity index (χ2n) is 5.21. The highest BCUT2D eigenvalue weighted by molar-refractivity contribution is 5.90. The minimum Gasteiger partial charge on any atom is -0.494 e. The summed E-state index contributed by atoms with van der Waals surface area (Å²) in [7, 11) is 1.47. The van der Waals surface area contributed by atoms with Gasteiger partial charge in [0.2, 0.25) is 5.82 Å². The number of nitrogens with one attached hydrogen (secondary N) is 4. The fourth-order valence-electron chi connectivity index (χ4n) is 2.32. The minimum absolute atomic E-state index is 0.125. The van der Waals surface area contributed by atoms with E-state index in [-0.39, 0.29) is 17.7 Å². The van der Waals surface area contributed by atoms with Crippen LogP contribution in [0.3, 0.4) is 0 Å². The molecular formula is C15H25N7O4. The number of methoxy groups -OCH3 is 1. The minimum atomic E-state index is -1.08. The molecule has 0 aliphatic carbocycles. The number of rotatable bonds is 9. The Morgan fingerprint density at radius 2 is 2.08 bits per heavy atom. The molecule has 144 valence electrons. The highest BCUT2D eigenvalue weighted by Gasteiger charge is 2.24. The lowest BCUT2D eigenvalue weighted by Crippen LogP contribution is -2.42. The molecule has 0 radical (unpaired) electrons. The third-order valence-corrected chi connectivity index (χ3v) is 3.65. The number of H-pyrrole nitrogens is 1. The first kappa shape index (κ1) is 19.4. The second kappa shape index (κ2) is 8.94. The summed E-state index contributed by atoms with van der Waals surface area (Å²) in [6.45, 7) is 7.21. The first-order chi connectivity index (χ1) is 12.5. The molecule has 1 aliphatic heterocycles. The summed E-state index contributed by atoms with van der Waals surface area (Å²) in [5.41, 5.74) is 5.82. The van der Waals surface area contributed by atoms with E-state index in [2.05, 4.69) is 31.3 Å². The van der Waals surface area contributed by atoms with Gasteiger partial charge in [-0.1, -0.05) is 0 Å². The van der Waals surface area contributed by atoms with Crippen LogP contribution in [0.5, 0.6) is 0 Å². The number of dihydropyridines is 1. The molecule has 1 atom stereocenters. The van der Waals surface area contributed by atoms with Crippen LogP contribution in [0.4, 0.5) is 5.95 Å². The maximum Gasteiger partial charge on any atom is 0.291 e. The first-order valence-electron chi connectivity index (χ1n) is 8.34. The molecule has 0 bridgehead atoms. The van der Waals surface area contributed by atoms with Crippen LogP contribution >= 0.6 is 0 Å². The van der Waals surface area contributed by atoms with Crippen LogP contribution in [0.2, 0.25) is 0 Å². The fourth-order valence-corrected chi connectivity index (χ4v) is 2.32. The predicted octanol–water partition coefficient (Wildman–Crippen LogP) is -0.139. The van der Waals surface area contributed by atoms with E-state index >= 15 is 0 Å². The highest BCUT2D eigenvalue weighted by Crippen LogP contribution is 2.16. The van der Waals surface area contributed by atoms with E-state index in [1.54, 1.807) is 11.0 Å². The van der Waals surface area contributed by atoms with Crippen LogP contribution in [0, 0.1) is 0 Å². The van der Waals surface area contributed by atoms with Crippen molar-refractivity contribution < 1.29 is 19.4 Å². The summed E-state index contributed by atoms with van der Waals surface area (Å²) in [4.78, 5) is 17.9. The lowest BCUT2D eigenvalue weighted by atomic mass is 10.2. The van der Waals surface area contributed by atoms with Gasteiger partial charge in [0.25, 0.3) is 11.9 Å². The number of nitrogens with zero attached hydrogens (tertiary/aromatic N) is 3. The van der Waals surface area contributed by atoms with E-state index in [1.165, 1.54) is 7.11 Å². The highest BCUT2D eigenvalue weighted by atomic mass is 16.5. The molecule has 1 aromatic rings. The van der Waals surface area contributed by atoms with Crippen molar-refractivity contribution in [3.63, 3.8) is 0 Å². The zero-order chi connectivity index (χ0) is 19.1. The van der Waals surface area contributed by atoms with Gasteiger partial charge in [-0.05, 0) is 20.8 Å². The summed E-state index contributed by atoms with van der Waals surface area (Å²) in [6, 6.07) is 0. The van der Waals surface area contributed by atoms with Gasteiger partial charge in [-0.2, -0.15) is 4.98 Å². The van der Waals surface area contributed by atoms with Crippen molar-refractivity contribution in [3.8, 4) is 0 Å². The number of carbonyl (C=O) groups is 1. The molecular weight excluding hydrogens is 342 g/mol. The molecule has 1 unspecified atom stereocenters. The molecule has 1 amide bonds. The first-order valence-corrected chi connectivity index (χ1v) is 8.34. The lowest BCUT2D eigenvalue weighted by Gasteiger charge is -2.26. The van der Waals surface area contributed by atoms with E-state index in [1.807, 2.05) is 20.8 Å². The van der Waals surface area contributed by atoms with Gasteiger partial charge in [-0.15, -0.1) is 5.10 Å². The number of allylic oxidation sites excluding steroid dienone is 1. The summed E-state index contributed by atoms with van der Waals surface area (Å²) in [5.74, 6) is 0.806. The van der Waals surface area contributed by atoms with Crippen LogP contribution in [0.1, 0.15) is 31.4 Å². The van der Waals surface area contributed by atoms with Gasteiger partial charge in [-0.25, -0.2) is 0 Å². The summed E-state index contributed by atoms with van der Waals surface area (Å²) < 4.78 is 10.6. The maximum absolute atomic E-state index is 12.2. The molecule has 11 nitrogen and oxygen atoms in total. The monoisotopic (exact) mass is 367 g/mol. The standard InChI is InChI=1S/C15H25N7O4/c1-5-22(6-2)14(24)12-17-15(21-19-12)20-18-11-9(25-4)8-10(26-7-3)16-13(11)23/h8,13,16,18,23H,5-7H2,1-4H3,(H2,17,19,20,21). The number of amides is 1. The van der Waals surface area contributed by atoms with E-state index in [0.29, 0.717) is 37.0 Å². The molecule has 0 saturated heterocycles. The number of aromatic amines is 1. The zero-order valence-electron chi connectivity index (χ0n) is 15.3. The van der Waals surface area contributed by atoms with Crippen molar-refractivity contribution >= 4 is 11.9 Å². The average Bonchev–Trinajstić information content (AvgIpc) is 3.10. The Bertz CT molecular complexity index is 681. The molecule has 2 heterocycles. The van der Waals surface area contributed by atoms with E-state index in [9.17, 15) is 9.90 Å². The van der Waals surface area contributed by atoms with Crippen LogP contribution in [0.15, 0.2) is 23.4 Å². The quantitative estimate of drug-likeness (QED) is 0.378. The predicted molar refractivity (Wildman–Crippen MR) is 93.3 cm³/mol. The number of hydrazine groups is 1. The Morgan fingerprint density at radius 3 is 2.69 bits per heavy atom. The number of hydrogen-bond acceptors (Lipinski definition) is 9. The summed E-state index contributed by atoms with van der Waals surface area (Å²) >= 11 is 0. The third kappa shape index (κ3) is 4.36. The van der Waals surface area contributed by atoms with Gasteiger partial charge in [0.15, 0.2) is 12.1 Å². The third-order valence-electron chi connectivity index (χ3n) is 3.65. The van der Waals surface area contributed by atoms with Gasteiger partial charge in [-0.3, -0.25) is 20.7 Å². The number of carbonyl (C=O) groups excluding carboxylic acids is 1. The number of aromatic nitrogens is 3. The normalized spacial score (nSPS) is 16.5. The van der Waals surface area contributed by atoms with E-state index < -0.39 is 6.23 Å². The number of hydrogen-bond donors (Lipinski definition) is 5. The van der Waals surface area contributed by atoms with Crippen molar-refractivity contribution in [2.75, 3.05) is 32.2 Å². The molecule has 0 saturated carbocycles. The van der Waals surface area contributed by atoms with Crippen LogP contribution in [-0.4, -0.2) is 64.1 Å². The van der Waals surface area contributed by atoms with Crippen molar-refractivity contribution in [1.82, 2.24) is 30.8 Å². The van der Waals surface area contributed by atoms with E-state index in [4.69, 9.17) is 9.47 Å². The van der Waals surface area contributed by atoms with Gasteiger partial charge in [0.05, 0.1) is 13.7 Å². The molecule has 0 spiro atoms. The molecule has 2 rings (SSSR count). The van der Waals surface area contributed by atoms with Crippen molar-refractivity contribution in [3.05, 3.63) is 29.2 Å².